The second-order valence-corrected chi connectivity index (χ2v) is 7.00. The maximum absolute atomic E-state index is 3.74. The number of hydrogen-bond acceptors (Lipinski definition) is 2. The number of anilines is 2. The number of nitrogens with zero attached hydrogens (tertiary/aromatic N) is 1. The molecule has 0 aromatic heterocycles. The van der Waals surface area contributed by atoms with Crippen LogP contribution in [0, 0.1) is 18.8 Å². The number of rotatable bonds is 7. The third kappa shape index (κ3) is 5.44. The van der Waals surface area contributed by atoms with Crippen molar-refractivity contribution >= 4 is 11.4 Å². The average molecular weight is 276 g/mol. The Hall–Kier alpha value is -1.18. The number of hydrogen-bond donors (Lipinski definition) is 1. The normalized spacial score (nSPS) is 11.5. The lowest BCUT2D eigenvalue weighted by molar-refractivity contribution is 0.442. The molecule has 0 heterocycles. The molecule has 0 unspecified atom stereocenters. The highest BCUT2D eigenvalue weighted by atomic mass is 15.1. The predicted octanol–water partition coefficient (Wildman–Crippen LogP) is 4.93. The standard InChI is InChI=1S/C18H32N2/c1-13(2)10-17(11-14(3)4)19-16-9-8-15(5)18(12-16)20(6)7/h8-9,12-14,17,19H,10-11H2,1-7H3. The molecule has 0 radical (unpaired) electrons. The molecule has 114 valence electrons. The molecule has 0 amide bonds. The topological polar surface area (TPSA) is 15.3 Å². The summed E-state index contributed by atoms with van der Waals surface area (Å²) in [6, 6.07) is 7.24. The van der Waals surface area contributed by atoms with E-state index in [9.17, 15) is 0 Å². The van der Waals surface area contributed by atoms with Crippen molar-refractivity contribution in [2.75, 3.05) is 24.3 Å². The van der Waals surface area contributed by atoms with E-state index in [2.05, 4.69) is 77.1 Å². The summed E-state index contributed by atoms with van der Waals surface area (Å²) >= 11 is 0. The summed E-state index contributed by atoms with van der Waals surface area (Å²) in [7, 11) is 4.21. The van der Waals surface area contributed by atoms with Crippen molar-refractivity contribution in [3.63, 3.8) is 0 Å². The van der Waals surface area contributed by atoms with E-state index < -0.39 is 0 Å². The molecule has 0 bridgehead atoms. The minimum Gasteiger partial charge on any atom is -0.382 e. The zero-order valence-electron chi connectivity index (χ0n) is 14.3. The molecule has 0 aliphatic heterocycles. The lowest BCUT2D eigenvalue weighted by Crippen LogP contribution is -2.24. The Bertz CT molecular complexity index is 398. The first-order valence-corrected chi connectivity index (χ1v) is 7.84. The largest absolute Gasteiger partial charge is 0.382 e. The van der Waals surface area contributed by atoms with Crippen LogP contribution in [0.25, 0.3) is 0 Å². The van der Waals surface area contributed by atoms with Gasteiger partial charge < -0.3 is 10.2 Å². The van der Waals surface area contributed by atoms with Gasteiger partial charge in [-0.25, -0.2) is 0 Å². The van der Waals surface area contributed by atoms with E-state index in [-0.39, 0.29) is 0 Å². The van der Waals surface area contributed by atoms with Crippen LogP contribution in [0.15, 0.2) is 18.2 Å². The SMILES string of the molecule is Cc1ccc(NC(CC(C)C)CC(C)C)cc1N(C)C. The fraction of sp³-hybridized carbons (Fsp3) is 0.667. The van der Waals surface area contributed by atoms with E-state index in [4.69, 9.17) is 0 Å². The van der Waals surface area contributed by atoms with Crippen molar-refractivity contribution in [2.24, 2.45) is 11.8 Å². The number of aryl methyl sites for hydroxylation is 1. The van der Waals surface area contributed by atoms with E-state index in [0.29, 0.717) is 6.04 Å². The van der Waals surface area contributed by atoms with Crippen LogP contribution in [0.1, 0.15) is 46.1 Å². The highest BCUT2D eigenvalue weighted by Crippen LogP contribution is 2.25. The Morgan fingerprint density at radius 1 is 1.00 bits per heavy atom. The first-order chi connectivity index (χ1) is 9.29. The Morgan fingerprint density at radius 2 is 1.55 bits per heavy atom. The van der Waals surface area contributed by atoms with Gasteiger partial charge in [-0.15, -0.1) is 0 Å². The van der Waals surface area contributed by atoms with Gasteiger partial charge in [-0.05, 0) is 49.3 Å². The average Bonchev–Trinajstić information content (AvgIpc) is 2.29. The maximum Gasteiger partial charge on any atom is 0.0411 e. The first-order valence-electron chi connectivity index (χ1n) is 7.84. The van der Waals surface area contributed by atoms with Crippen LogP contribution in [0.5, 0.6) is 0 Å². The van der Waals surface area contributed by atoms with Gasteiger partial charge in [0.15, 0.2) is 0 Å². The first kappa shape index (κ1) is 16.9. The Balaban J connectivity index is 2.84. The van der Waals surface area contributed by atoms with E-state index >= 15 is 0 Å². The number of benzene rings is 1. The molecule has 2 nitrogen and oxygen atoms in total. The van der Waals surface area contributed by atoms with Crippen LogP contribution in [0.3, 0.4) is 0 Å². The summed E-state index contributed by atoms with van der Waals surface area (Å²) in [6.45, 7) is 11.4. The third-order valence-electron chi connectivity index (χ3n) is 3.57. The zero-order chi connectivity index (χ0) is 15.3. The highest BCUT2D eigenvalue weighted by molar-refractivity contribution is 5.62. The molecule has 1 aromatic carbocycles. The van der Waals surface area contributed by atoms with Crippen molar-refractivity contribution in [3.8, 4) is 0 Å². The van der Waals surface area contributed by atoms with E-state index in [1.54, 1.807) is 0 Å². The van der Waals surface area contributed by atoms with Gasteiger partial charge in [0, 0.05) is 31.5 Å². The molecule has 0 aliphatic rings. The molecule has 0 saturated carbocycles. The molecule has 0 atom stereocenters. The van der Waals surface area contributed by atoms with Gasteiger partial charge in [0.05, 0.1) is 0 Å². The highest BCUT2D eigenvalue weighted by Gasteiger charge is 2.13. The summed E-state index contributed by atoms with van der Waals surface area (Å²) in [5.74, 6) is 1.45. The van der Waals surface area contributed by atoms with E-state index in [0.717, 1.165) is 11.8 Å². The monoisotopic (exact) mass is 276 g/mol. The molecule has 0 saturated heterocycles. The van der Waals surface area contributed by atoms with Crippen LogP contribution in [-0.2, 0) is 0 Å². The van der Waals surface area contributed by atoms with Crippen LogP contribution < -0.4 is 10.2 Å². The minimum atomic E-state index is 0.563. The Labute approximate surface area is 125 Å². The van der Waals surface area contributed by atoms with Crippen molar-refractivity contribution in [1.82, 2.24) is 0 Å². The van der Waals surface area contributed by atoms with Gasteiger partial charge in [0.1, 0.15) is 0 Å². The Kier molecular flexibility index (Phi) is 6.38. The van der Waals surface area contributed by atoms with Gasteiger partial charge in [0.2, 0.25) is 0 Å². The second-order valence-electron chi connectivity index (χ2n) is 7.00. The van der Waals surface area contributed by atoms with Gasteiger partial charge in [-0.2, -0.15) is 0 Å². The minimum absolute atomic E-state index is 0.563. The van der Waals surface area contributed by atoms with Crippen LogP contribution in [0.4, 0.5) is 11.4 Å². The van der Waals surface area contributed by atoms with Crippen LogP contribution in [0.2, 0.25) is 0 Å². The quantitative estimate of drug-likeness (QED) is 0.759. The third-order valence-corrected chi connectivity index (χ3v) is 3.57. The molecule has 1 N–H and O–H groups in total. The second kappa shape index (κ2) is 7.56. The zero-order valence-corrected chi connectivity index (χ0v) is 14.3. The van der Waals surface area contributed by atoms with Crippen molar-refractivity contribution in [1.29, 1.82) is 0 Å². The molecule has 1 rings (SSSR count). The van der Waals surface area contributed by atoms with E-state index in [1.807, 2.05) is 0 Å². The van der Waals surface area contributed by atoms with E-state index in [1.165, 1.54) is 29.8 Å². The molecule has 0 spiro atoms. The fourth-order valence-electron chi connectivity index (χ4n) is 2.77. The molecular weight excluding hydrogens is 244 g/mol. The van der Waals surface area contributed by atoms with Gasteiger partial charge in [-0.1, -0.05) is 33.8 Å². The van der Waals surface area contributed by atoms with Crippen molar-refractivity contribution in [3.05, 3.63) is 23.8 Å². The van der Waals surface area contributed by atoms with Crippen LogP contribution >= 0.6 is 0 Å². The van der Waals surface area contributed by atoms with Crippen LogP contribution in [-0.4, -0.2) is 20.1 Å². The summed E-state index contributed by atoms with van der Waals surface area (Å²) in [6.07, 6.45) is 2.45. The summed E-state index contributed by atoms with van der Waals surface area (Å²) < 4.78 is 0. The van der Waals surface area contributed by atoms with Gasteiger partial charge in [-0.3, -0.25) is 0 Å². The Morgan fingerprint density at radius 3 is 2.00 bits per heavy atom. The molecule has 0 fully saturated rings. The maximum atomic E-state index is 3.74. The summed E-state index contributed by atoms with van der Waals surface area (Å²) in [5.41, 5.74) is 3.86. The van der Waals surface area contributed by atoms with Gasteiger partial charge >= 0.3 is 0 Å². The van der Waals surface area contributed by atoms with Crippen molar-refractivity contribution < 1.29 is 0 Å². The van der Waals surface area contributed by atoms with Crippen molar-refractivity contribution in [2.45, 2.75) is 53.5 Å². The lowest BCUT2D eigenvalue weighted by Gasteiger charge is -2.25. The molecule has 2 heteroatoms. The molecular formula is C18H32N2. The fourth-order valence-corrected chi connectivity index (χ4v) is 2.77. The lowest BCUT2D eigenvalue weighted by atomic mass is 9.95. The summed E-state index contributed by atoms with van der Waals surface area (Å²) in [5, 5.41) is 3.74. The predicted molar refractivity (Wildman–Crippen MR) is 91.8 cm³/mol. The molecule has 0 aliphatic carbocycles. The van der Waals surface area contributed by atoms with Gasteiger partial charge in [0.25, 0.3) is 0 Å². The smallest absolute Gasteiger partial charge is 0.0411 e. The number of nitrogens with one attached hydrogen (secondary N) is 1. The summed E-state index contributed by atoms with van der Waals surface area (Å²) in [4.78, 5) is 2.18. The molecule has 1 aromatic rings. The molecule has 20 heavy (non-hydrogen) atoms.